The Hall–Kier alpha value is -0.860. The number of fused-ring (bicyclic) bond motifs is 1. The standard InChI is InChI=1S/C10H7ClOS/c11-9-3-1-2-8-7(4-5-12)6-13-10(8)9/h1-3,5-6H,4H2. The van der Waals surface area contributed by atoms with Gasteiger partial charge in [0.25, 0.3) is 0 Å². The molecule has 0 radical (unpaired) electrons. The summed E-state index contributed by atoms with van der Waals surface area (Å²) in [6.45, 7) is 0. The minimum atomic E-state index is 0.473. The van der Waals surface area contributed by atoms with Crippen molar-refractivity contribution < 1.29 is 4.79 Å². The summed E-state index contributed by atoms with van der Waals surface area (Å²) in [4.78, 5) is 10.4. The van der Waals surface area contributed by atoms with Gasteiger partial charge >= 0.3 is 0 Å². The molecule has 0 atom stereocenters. The molecule has 0 aliphatic heterocycles. The molecule has 3 heteroatoms. The second-order valence-corrected chi connectivity index (χ2v) is 4.04. The second kappa shape index (κ2) is 3.48. The van der Waals surface area contributed by atoms with Crippen LogP contribution in [-0.4, -0.2) is 6.29 Å². The third-order valence-electron chi connectivity index (χ3n) is 1.94. The Balaban J connectivity index is 2.67. The van der Waals surface area contributed by atoms with Gasteiger partial charge in [-0.3, -0.25) is 0 Å². The van der Waals surface area contributed by atoms with Gasteiger partial charge < -0.3 is 4.79 Å². The number of carbonyl (C=O) groups is 1. The van der Waals surface area contributed by atoms with Gasteiger partial charge in [0.05, 0.1) is 9.72 Å². The van der Waals surface area contributed by atoms with E-state index in [1.807, 2.05) is 23.6 Å². The van der Waals surface area contributed by atoms with Crippen LogP contribution in [0.4, 0.5) is 0 Å². The summed E-state index contributed by atoms with van der Waals surface area (Å²) in [6, 6.07) is 5.77. The van der Waals surface area contributed by atoms with Crippen LogP contribution < -0.4 is 0 Å². The van der Waals surface area contributed by atoms with Crippen molar-refractivity contribution in [3.05, 3.63) is 34.2 Å². The number of halogens is 1. The lowest BCUT2D eigenvalue weighted by Crippen LogP contribution is -1.81. The van der Waals surface area contributed by atoms with Gasteiger partial charge in [0.15, 0.2) is 0 Å². The normalized spacial score (nSPS) is 10.5. The van der Waals surface area contributed by atoms with Gasteiger partial charge in [0.1, 0.15) is 6.29 Å². The van der Waals surface area contributed by atoms with E-state index in [1.165, 1.54) is 0 Å². The number of hydrogen-bond donors (Lipinski definition) is 0. The lowest BCUT2D eigenvalue weighted by molar-refractivity contribution is -0.107. The molecular weight excluding hydrogens is 204 g/mol. The van der Waals surface area contributed by atoms with Crippen LogP contribution in [-0.2, 0) is 11.2 Å². The highest BCUT2D eigenvalue weighted by Gasteiger charge is 2.05. The Morgan fingerprint density at radius 2 is 2.31 bits per heavy atom. The van der Waals surface area contributed by atoms with E-state index in [0.717, 1.165) is 27.0 Å². The van der Waals surface area contributed by atoms with Crippen molar-refractivity contribution in [2.45, 2.75) is 6.42 Å². The smallest absolute Gasteiger partial charge is 0.124 e. The van der Waals surface area contributed by atoms with Gasteiger partial charge in [0.2, 0.25) is 0 Å². The van der Waals surface area contributed by atoms with Crippen LogP contribution in [0.25, 0.3) is 10.1 Å². The molecule has 1 heterocycles. The number of thiophene rings is 1. The van der Waals surface area contributed by atoms with Gasteiger partial charge in [-0.1, -0.05) is 23.7 Å². The summed E-state index contributed by atoms with van der Waals surface area (Å²) < 4.78 is 1.07. The topological polar surface area (TPSA) is 17.1 Å². The molecule has 0 saturated carbocycles. The molecule has 2 rings (SSSR count). The van der Waals surface area contributed by atoms with Crippen molar-refractivity contribution in [3.63, 3.8) is 0 Å². The van der Waals surface area contributed by atoms with Crippen LogP contribution in [0.15, 0.2) is 23.6 Å². The quantitative estimate of drug-likeness (QED) is 0.696. The summed E-state index contributed by atoms with van der Waals surface area (Å²) in [5, 5.41) is 3.86. The van der Waals surface area contributed by atoms with E-state index in [2.05, 4.69) is 0 Å². The third-order valence-corrected chi connectivity index (χ3v) is 3.44. The predicted octanol–water partition coefficient (Wildman–Crippen LogP) is 3.30. The van der Waals surface area contributed by atoms with Gasteiger partial charge in [-0.2, -0.15) is 0 Å². The molecule has 2 aromatic rings. The van der Waals surface area contributed by atoms with Crippen molar-refractivity contribution in [2.75, 3.05) is 0 Å². The molecule has 1 nitrogen and oxygen atoms in total. The fourth-order valence-corrected chi connectivity index (χ4v) is 2.62. The fourth-order valence-electron chi connectivity index (χ4n) is 1.32. The van der Waals surface area contributed by atoms with Crippen LogP contribution in [0.2, 0.25) is 5.02 Å². The molecule has 0 amide bonds. The largest absolute Gasteiger partial charge is 0.303 e. The maximum atomic E-state index is 10.4. The SMILES string of the molecule is O=CCc1csc2c(Cl)cccc12. The number of rotatable bonds is 2. The molecule has 0 aliphatic rings. The maximum Gasteiger partial charge on any atom is 0.124 e. The van der Waals surface area contributed by atoms with Crippen molar-refractivity contribution >= 4 is 39.3 Å². The molecule has 0 saturated heterocycles. The average Bonchev–Trinajstić information content (AvgIpc) is 2.51. The van der Waals surface area contributed by atoms with E-state index in [9.17, 15) is 4.79 Å². The molecule has 0 spiro atoms. The molecule has 0 bridgehead atoms. The van der Waals surface area contributed by atoms with Crippen molar-refractivity contribution in [1.29, 1.82) is 0 Å². The van der Waals surface area contributed by atoms with Crippen LogP contribution in [0.1, 0.15) is 5.56 Å². The highest BCUT2D eigenvalue weighted by Crippen LogP contribution is 2.31. The Labute approximate surface area is 84.9 Å². The third kappa shape index (κ3) is 1.47. The van der Waals surface area contributed by atoms with Crippen LogP contribution in [0.3, 0.4) is 0 Å². The molecule has 0 unspecified atom stereocenters. The van der Waals surface area contributed by atoms with Crippen LogP contribution in [0, 0.1) is 0 Å². The van der Waals surface area contributed by atoms with E-state index >= 15 is 0 Å². The predicted molar refractivity (Wildman–Crippen MR) is 56.6 cm³/mol. The highest BCUT2D eigenvalue weighted by atomic mass is 35.5. The summed E-state index contributed by atoms with van der Waals surface area (Å²) >= 11 is 7.58. The van der Waals surface area contributed by atoms with Crippen molar-refractivity contribution in [3.8, 4) is 0 Å². The number of carbonyl (C=O) groups excluding carboxylic acids is 1. The second-order valence-electron chi connectivity index (χ2n) is 2.75. The number of aldehydes is 1. The molecule has 66 valence electrons. The highest BCUT2D eigenvalue weighted by molar-refractivity contribution is 7.18. The Bertz CT molecular complexity index is 447. The molecule has 0 N–H and O–H groups in total. The lowest BCUT2D eigenvalue weighted by Gasteiger charge is -1.94. The molecule has 1 aromatic heterocycles. The zero-order chi connectivity index (χ0) is 9.26. The zero-order valence-corrected chi connectivity index (χ0v) is 8.36. The fraction of sp³-hybridized carbons (Fsp3) is 0.100. The minimum Gasteiger partial charge on any atom is -0.303 e. The summed E-state index contributed by atoms with van der Waals surface area (Å²) in [7, 11) is 0. The van der Waals surface area contributed by atoms with Crippen molar-refractivity contribution in [1.82, 2.24) is 0 Å². The first-order chi connectivity index (χ1) is 6.33. The van der Waals surface area contributed by atoms with Gasteiger partial charge in [-0.05, 0) is 22.4 Å². The zero-order valence-electron chi connectivity index (χ0n) is 6.79. The Morgan fingerprint density at radius 3 is 3.08 bits per heavy atom. The molecule has 1 aromatic carbocycles. The Morgan fingerprint density at radius 1 is 1.46 bits per heavy atom. The van der Waals surface area contributed by atoms with Crippen LogP contribution in [0.5, 0.6) is 0 Å². The lowest BCUT2D eigenvalue weighted by atomic mass is 10.1. The van der Waals surface area contributed by atoms with Gasteiger partial charge in [-0.15, -0.1) is 11.3 Å². The maximum absolute atomic E-state index is 10.4. The van der Waals surface area contributed by atoms with Gasteiger partial charge in [-0.25, -0.2) is 0 Å². The monoisotopic (exact) mass is 210 g/mol. The number of hydrogen-bond acceptors (Lipinski definition) is 2. The summed E-state index contributed by atoms with van der Waals surface area (Å²) in [5.74, 6) is 0. The summed E-state index contributed by atoms with van der Waals surface area (Å²) in [6.07, 6.45) is 1.39. The van der Waals surface area contributed by atoms with Gasteiger partial charge in [0, 0.05) is 6.42 Å². The van der Waals surface area contributed by atoms with Crippen LogP contribution >= 0.6 is 22.9 Å². The molecular formula is C10H7ClOS. The average molecular weight is 211 g/mol. The molecule has 0 aliphatic carbocycles. The number of benzene rings is 1. The first-order valence-electron chi connectivity index (χ1n) is 3.91. The van der Waals surface area contributed by atoms with E-state index in [1.54, 1.807) is 11.3 Å². The first kappa shape index (κ1) is 8.73. The Kier molecular flexibility index (Phi) is 2.34. The van der Waals surface area contributed by atoms with E-state index < -0.39 is 0 Å². The van der Waals surface area contributed by atoms with E-state index in [-0.39, 0.29) is 0 Å². The van der Waals surface area contributed by atoms with Crippen molar-refractivity contribution in [2.24, 2.45) is 0 Å². The summed E-state index contributed by atoms with van der Waals surface area (Å²) in [5.41, 5.74) is 1.07. The molecule has 13 heavy (non-hydrogen) atoms. The van der Waals surface area contributed by atoms with E-state index in [0.29, 0.717) is 6.42 Å². The van der Waals surface area contributed by atoms with E-state index in [4.69, 9.17) is 11.6 Å². The minimum absolute atomic E-state index is 0.473. The first-order valence-corrected chi connectivity index (χ1v) is 5.17. The molecule has 0 fully saturated rings.